The Labute approximate surface area is 84.2 Å². The van der Waals surface area contributed by atoms with Crippen molar-refractivity contribution in [1.29, 1.82) is 5.26 Å². The number of amides is 1. The number of carbonyl (C=O) groups is 1. The minimum Gasteiger partial charge on any atom is -0.378 e. The molecular weight excluding hydrogens is 180 g/mol. The summed E-state index contributed by atoms with van der Waals surface area (Å²) in [5.41, 5.74) is 0. The number of nitriles is 1. The fourth-order valence-electron chi connectivity index (χ4n) is 1.51. The van der Waals surface area contributed by atoms with Crippen molar-refractivity contribution >= 4 is 5.91 Å². The Morgan fingerprint density at radius 2 is 2.50 bits per heavy atom. The fourth-order valence-corrected chi connectivity index (χ4v) is 1.51. The summed E-state index contributed by atoms with van der Waals surface area (Å²) >= 11 is 0. The fraction of sp³-hybridized carbons (Fsp3) is 0.800. The van der Waals surface area contributed by atoms with Crippen LogP contribution in [-0.2, 0) is 9.53 Å². The molecule has 0 bridgehead atoms. The van der Waals surface area contributed by atoms with Crippen LogP contribution in [0.25, 0.3) is 0 Å². The molecule has 0 spiro atoms. The first-order chi connectivity index (χ1) is 6.65. The zero-order valence-corrected chi connectivity index (χ0v) is 8.62. The number of rotatable bonds is 3. The first kappa shape index (κ1) is 11.0. The maximum atomic E-state index is 11.6. The average molecular weight is 196 g/mol. The molecule has 1 aliphatic heterocycles. The van der Waals surface area contributed by atoms with Gasteiger partial charge in [0.15, 0.2) is 0 Å². The van der Waals surface area contributed by atoms with Crippen LogP contribution in [0.2, 0.25) is 0 Å². The molecule has 1 fully saturated rings. The molecule has 3 atom stereocenters. The van der Waals surface area contributed by atoms with E-state index in [1.807, 2.05) is 6.92 Å². The molecule has 0 radical (unpaired) electrons. The van der Waals surface area contributed by atoms with E-state index in [2.05, 4.69) is 11.4 Å². The van der Waals surface area contributed by atoms with Crippen LogP contribution in [0.4, 0.5) is 0 Å². The summed E-state index contributed by atoms with van der Waals surface area (Å²) in [7, 11) is 0. The first-order valence-electron chi connectivity index (χ1n) is 4.94. The van der Waals surface area contributed by atoms with Gasteiger partial charge in [-0.25, -0.2) is 0 Å². The zero-order valence-electron chi connectivity index (χ0n) is 8.62. The molecule has 14 heavy (non-hydrogen) atoms. The van der Waals surface area contributed by atoms with Crippen molar-refractivity contribution in [3.63, 3.8) is 0 Å². The monoisotopic (exact) mass is 196 g/mol. The van der Waals surface area contributed by atoms with Crippen molar-refractivity contribution in [1.82, 2.24) is 5.32 Å². The van der Waals surface area contributed by atoms with Gasteiger partial charge in [-0.1, -0.05) is 0 Å². The van der Waals surface area contributed by atoms with Gasteiger partial charge in [0, 0.05) is 13.2 Å². The minimum atomic E-state index is -0.128. The van der Waals surface area contributed by atoms with Gasteiger partial charge in [-0.3, -0.25) is 4.79 Å². The molecule has 0 aromatic carbocycles. The molecule has 0 aromatic rings. The van der Waals surface area contributed by atoms with Crippen LogP contribution in [0.5, 0.6) is 0 Å². The molecule has 0 saturated carbocycles. The van der Waals surface area contributed by atoms with E-state index in [4.69, 9.17) is 10.00 Å². The van der Waals surface area contributed by atoms with Crippen LogP contribution in [0.15, 0.2) is 0 Å². The van der Waals surface area contributed by atoms with Crippen LogP contribution in [0.3, 0.4) is 0 Å². The Kier molecular flexibility index (Phi) is 3.90. The lowest BCUT2D eigenvalue weighted by Crippen LogP contribution is -2.36. The standard InChI is InChI=1S/C10H16N2O2/c1-7(5-11)6-12-10(13)9-3-4-14-8(9)2/h7-9H,3-4,6H2,1-2H3,(H,12,13). The summed E-state index contributed by atoms with van der Waals surface area (Å²) in [6.07, 6.45) is 0.792. The Hall–Kier alpha value is -1.08. The third kappa shape index (κ3) is 2.71. The van der Waals surface area contributed by atoms with Gasteiger partial charge in [0.05, 0.1) is 24.0 Å². The Morgan fingerprint density at radius 1 is 1.79 bits per heavy atom. The van der Waals surface area contributed by atoms with Crippen molar-refractivity contribution < 1.29 is 9.53 Å². The maximum absolute atomic E-state index is 11.6. The van der Waals surface area contributed by atoms with E-state index in [1.54, 1.807) is 6.92 Å². The Morgan fingerprint density at radius 3 is 3.00 bits per heavy atom. The Balaban J connectivity index is 2.32. The van der Waals surface area contributed by atoms with E-state index >= 15 is 0 Å². The summed E-state index contributed by atoms with van der Waals surface area (Å²) < 4.78 is 5.29. The highest BCUT2D eigenvalue weighted by Crippen LogP contribution is 2.20. The van der Waals surface area contributed by atoms with Crippen molar-refractivity contribution in [2.24, 2.45) is 11.8 Å². The molecule has 4 heteroatoms. The molecule has 4 nitrogen and oxygen atoms in total. The molecule has 1 heterocycles. The summed E-state index contributed by atoms with van der Waals surface area (Å²) in [5, 5.41) is 11.3. The Bertz CT molecular complexity index is 247. The van der Waals surface area contributed by atoms with Crippen molar-refractivity contribution in [3.8, 4) is 6.07 Å². The highest BCUT2D eigenvalue weighted by atomic mass is 16.5. The number of carbonyl (C=O) groups excluding carboxylic acids is 1. The quantitative estimate of drug-likeness (QED) is 0.722. The van der Waals surface area contributed by atoms with Crippen LogP contribution >= 0.6 is 0 Å². The molecule has 1 N–H and O–H groups in total. The van der Waals surface area contributed by atoms with Crippen molar-refractivity contribution in [2.75, 3.05) is 13.2 Å². The lowest BCUT2D eigenvalue weighted by Gasteiger charge is -2.14. The van der Waals surface area contributed by atoms with Gasteiger partial charge in [0.25, 0.3) is 0 Å². The molecule has 1 aliphatic rings. The second-order valence-corrected chi connectivity index (χ2v) is 3.75. The van der Waals surface area contributed by atoms with E-state index in [9.17, 15) is 4.79 Å². The second-order valence-electron chi connectivity index (χ2n) is 3.75. The summed E-state index contributed by atoms with van der Waals surface area (Å²) in [6, 6.07) is 2.08. The summed E-state index contributed by atoms with van der Waals surface area (Å²) in [5.74, 6) is -0.158. The van der Waals surface area contributed by atoms with E-state index < -0.39 is 0 Å². The van der Waals surface area contributed by atoms with Gasteiger partial charge in [0.1, 0.15) is 0 Å². The van der Waals surface area contributed by atoms with E-state index in [-0.39, 0.29) is 23.8 Å². The summed E-state index contributed by atoms with van der Waals surface area (Å²) in [4.78, 5) is 11.6. The van der Waals surface area contributed by atoms with Gasteiger partial charge in [-0.05, 0) is 20.3 Å². The molecule has 3 unspecified atom stereocenters. The molecule has 1 rings (SSSR count). The van der Waals surface area contributed by atoms with Gasteiger partial charge in [-0.2, -0.15) is 5.26 Å². The number of nitrogens with zero attached hydrogens (tertiary/aromatic N) is 1. The molecular formula is C10H16N2O2. The number of ether oxygens (including phenoxy) is 1. The number of hydrogen-bond donors (Lipinski definition) is 1. The smallest absolute Gasteiger partial charge is 0.225 e. The lowest BCUT2D eigenvalue weighted by molar-refractivity contribution is -0.126. The molecule has 0 aromatic heterocycles. The second kappa shape index (κ2) is 4.97. The zero-order chi connectivity index (χ0) is 10.6. The van der Waals surface area contributed by atoms with E-state index in [0.29, 0.717) is 13.2 Å². The predicted molar refractivity (Wildman–Crippen MR) is 51.3 cm³/mol. The van der Waals surface area contributed by atoms with Crippen LogP contribution in [-0.4, -0.2) is 25.2 Å². The molecule has 78 valence electrons. The van der Waals surface area contributed by atoms with E-state index in [1.165, 1.54) is 0 Å². The maximum Gasteiger partial charge on any atom is 0.225 e. The molecule has 1 saturated heterocycles. The predicted octanol–water partition coefficient (Wildman–Crippen LogP) is 0.687. The van der Waals surface area contributed by atoms with Crippen molar-refractivity contribution in [3.05, 3.63) is 0 Å². The number of hydrogen-bond acceptors (Lipinski definition) is 3. The minimum absolute atomic E-state index is 0.00684. The van der Waals surface area contributed by atoms with Gasteiger partial charge in [-0.15, -0.1) is 0 Å². The average Bonchev–Trinajstić information content (AvgIpc) is 2.60. The largest absolute Gasteiger partial charge is 0.378 e. The first-order valence-corrected chi connectivity index (χ1v) is 4.94. The normalized spacial score (nSPS) is 28.1. The van der Waals surface area contributed by atoms with E-state index in [0.717, 1.165) is 6.42 Å². The highest BCUT2D eigenvalue weighted by molar-refractivity contribution is 5.79. The van der Waals surface area contributed by atoms with Crippen molar-refractivity contribution in [2.45, 2.75) is 26.4 Å². The molecule has 0 aliphatic carbocycles. The van der Waals surface area contributed by atoms with Crippen LogP contribution < -0.4 is 5.32 Å². The van der Waals surface area contributed by atoms with Gasteiger partial charge < -0.3 is 10.1 Å². The molecule has 1 amide bonds. The topological polar surface area (TPSA) is 62.1 Å². The van der Waals surface area contributed by atoms with Crippen LogP contribution in [0, 0.1) is 23.2 Å². The van der Waals surface area contributed by atoms with Crippen LogP contribution in [0.1, 0.15) is 20.3 Å². The third-order valence-electron chi connectivity index (χ3n) is 2.52. The lowest BCUT2D eigenvalue weighted by atomic mass is 10.0. The van der Waals surface area contributed by atoms with Gasteiger partial charge >= 0.3 is 0 Å². The SMILES string of the molecule is CC(C#N)CNC(=O)C1CCOC1C. The summed E-state index contributed by atoms with van der Waals surface area (Å²) in [6.45, 7) is 4.78. The van der Waals surface area contributed by atoms with Gasteiger partial charge in [0.2, 0.25) is 5.91 Å². The number of nitrogens with one attached hydrogen (secondary N) is 1. The highest BCUT2D eigenvalue weighted by Gasteiger charge is 2.30. The third-order valence-corrected chi connectivity index (χ3v) is 2.52.